The average Bonchev–Trinajstić information content (AvgIpc) is 2.58. The lowest BCUT2D eigenvalue weighted by Gasteiger charge is -2.09. The van der Waals surface area contributed by atoms with Gasteiger partial charge < -0.3 is 5.11 Å². The van der Waals surface area contributed by atoms with Gasteiger partial charge in [0.1, 0.15) is 0 Å². The summed E-state index contributed by atoms with van der Waals surface area (Å²) in [6.07, 6.45) is 1.27. The third-order valence-electron chi connectivity index (χ3n) is 2.13. The van der Waals surface area contributed by atoms with Gasteiger partial charge in [-0.2, -0.15) is 5.10 Å². The van der Waals surface area contributed by atoms with E-state index >= 15 is 0 Å². The van der Waals surface area contributed by atoms with Gasteiger partial charge in [-0.25, -0.2) is 13.6 Å². The van der Waals surface area contributed by atoms with Crippen molar-refractivity contribution in [3.63, 3.8) is 0 Å². The number of hydrogen-bond donors (Lipinski definition) is 2. The van der Waals surface area contributed by atoms with Gasteiger partial charge in [0.05, 0.1) is 0 Å². The van der Waals surface area contributed by atoms with Crippen LogP contribution < -0.4 is 5.32 Å². The molecule has 1 aromatic heterocycles. The van der Waals surface area contributed by atoms with Gasteiger partial charge in [-0.1, -0.05) is 0 Å². The fraction of sp³-hybridized carbons (Fsp3) is 0.600. The first-order chi connectivity index (χ1) is 7.87. The Hall–Kier alpha value is -1.66. The molecule has 0 unspecified atom stereocenters. The molecule has 5 nitrogen and oxygen atoms in total. The molecule has 0 radical (unpaired) electrons. The zero-order valence-electron chi connectivity index (χ0n) is 9.49. The van der Waals surface area contributed by atoms with Crippen molar-refractivity contribution in [2.75, 3.05) is 5.32 Å². The van der Waals surface area contributed by atoms with Crippen LogP contribution in [0.1, 0.15) is 26.2 Å². The molecule has 0 aliphatic heterocycles. The molecule has 1 amide bonds. The van der Waals surface area contributed by atoms with Crippen molar-refractivity contribution < 1.29 is 18.7 Å². The highest BCUT2D eigenvalue weighted by Crippen LogP contribution is 2.19. The van der Waals surface area contributed by atoms with Crippen molar-refractivity contribution in [3.8, 4) is 0 Å². The molecule has 2 N–H and O–H groups in total. The number of amides is 1. The van der Waals surface area contributed by atoms with Crippen molar-refractivity contribution in [3.05, 3.63) is 12.3 Å². The van der Waals surface area contributed by atoms with Crippen LogP contribution in [0.25, 0.3) is 0 Å². The van der Waals surface area contributed by atoms with Crippen LogP contribution in [0.3, 0.4) is 0 Å². The van der Waals surface area contributed by atoms with E-state index in [2.05, 4.69) is 10.4 Å². The Bertz CT molecular complexity index is 374. The minimum Gasteiger partial charge on any atom is -0.465 e. The summed E-state index contributed by atoms with van der Waals surface area (Å²) in [5.74, 6) is -2.39. The summed E-state index contributed by atoms with van der Waals surface area (Å²) in [5.41, 5.74) is 0. The van der Waals surface area contributed by atoms with E-state index in [1.165, 1.54) is 10.7 Å². The molecule has 17 heavy (non-hydrogen) atoms. The highest BCUT2D eigenvalue weighted by Gasteiger charge is 2.19. The monoisotopic (exact) mass is 247 g/mol. The van der Waals surface area contributed by atoms with E-state index in [4.69, 9.17) is 5.11 Å². The molecule has 0 fully saturated rings. The topological polar surface area (TPSA) is 67.2 Å². The largest absolute Gasteiger partial charge is 0.465 e. The second kappa shape index (κ2) is 5.60. The second-order valence-electron chi connectivity index (χ2n) is 3.92. The summed E-state index contributed by atoms with van der Waals surface area (Å²) < 4.78 is 26.5. The lowest BCUT2D eigenvalue weighted by atomic mass is 10.1. The van der Waals surface area contributed by atoms with Gasteiger partial charge in [0, 0.05) is 25.2 Å². The number of carboxylic acid groups (broad SMARTS) is 1. The van der Waals surface area contributed by atoms with Crippen molar-refractivity contribution in [1.82, 2.24) is 9.78 Å². The van der Waals surface area contributed by atoms with E-state index in [9.17, 15) is 13.6 Å². The smallest absolute Gasteiger partial charge is 0.410 e. The Labute approximate surface area is 97.4 Å². The van der Waals surface area contributed by atoms with Crippen LogP contribution in [0, 0.1) is 0 Å². The molecule has 0 bridgehead atoms. The number of nitrogens with zero attached hydrogens (tertiary/aromatic N) is 2. The number of halogens is 2. The van der Waals surface area contributed by atoms with E-state index in [-0.39, 0.29) is 12.2 Å². The van der Waals surface area contributed by atoms with Crippen LogP contribution in [-0.2, 0) is 6.54 Å². The maximum atomic E-state index is 12.5. The van der Waals surface area contributed by atoms with Gasteiger partial charge in [0.2, 0.25) is 5.92 Å². The van der Waals surface area contributed by atoms with E-state index < -0.39 is 12.0 Å². The van der Waals surface area contributed by atoms with Crippen LogP contribution >= 0.6 is 0 Å². The first-order valence-electron chi connectivity index (χ1n) is 5.28. The second-order valence-corrected chi connectivity index (χ2v) is 3.92. The van der Waals surface area contributed by atoms with E-state index in [1.54, 1.807) is 6.20 Å². The minimum atomic E-state index is -2.62. The molecule has 0 aliphatic carbocycles. The van der Waals surface area contributed by atoms with Gasteiger partial charge >= 0.3 is 6.09 Å². The van der Waals surface area contributed by atoms with Crippen LogP contribution in [0.4, 0.5) is 19.4 Å². The summed E-state index contributed by atoms with van der Waals surface area (Å²) in [4.78, 5) is 10.3. The number of rotatable bonds is 6. The highest BCUT2D eigenvalue weighted by molar-refractivity contribution is 5.81. The van der Waals surface area contributed by atoms with Gasteiger partial charge in [-0.15, -0.1) is 0 Å². The summed E-state index contributed by atoms with van der Waals surface area (Å²) in [7, 11) is 0. The van der Waals surface area contributed by atoms with E-state index in [0.29, 0.717) is 19.4 Å². The van der Waals surface area contributed by atoms with Crippen molar-refractivity contribution in [1.29, 1.82) is 0 Å². The molecule has 0 atom stereocenters. The van der Waals surface area contributed by atoms with Gasteiger partial charge in [-0.3, -0.25) is 10.00 Å². The molecule has 96 valence electrons. The average molecular weight is 247 g/mol. The van der Waals surface area contributed by atoms with Crippen molar-refractivity contribution in [2.24, 2.45) is 0 Å². The quantitative estimate of drug-likeness (QED) is 0.759. The van der Waals surface area contributed by atoms with Crippen LogP contribution in [0.5, 0.6) is 0 Å². The van der Waals surface area contributed by atoms with Crippen LogP contribution in [0.15, 0.2) is 12.3 Å². The molecular weight excluding hydrogens is 232 g/mol. The van der Waals surface area contributed by atoms with Gasteiger partial charge in [0.25, 0.3) is 0 Å². The number of carbonyl (C=O) groups is 1. The SMILES string of the molecule is CC(F)(F)CCCCn1ccc(NC(=O)O)n1. The summed E-state index contributed by atoms with van der Waals surface area (Å²) >= 11 is 0. The predicted molar refractivity (Wildman–Crippen MR) is 58.3 cm³/mol. The Morgan fingerprint density at radius 2 is 2.29 bits per heavy atom. The molecule has 0 aliphatic rings. The number of nitrogens with one attached hydrogen (secondary N) is 1. The summed E-state index contributed by atoms with van der Waals surface area (Å²) in [5, 5.41) is 14.5. The van der Waals surface area contributed by atoms with Crippen LogP contribution in [-0.4, -0.2) is 26.9 Å². The molecular formula is C10H15F2N3O2. The Morgan fingerprint density at radius 1 is 1.59 bits per heavy atom. The Balaban J connectivity index is 2.28. The third kappa shape index (κ3) is 5.84. The number of hydrogen-bond acceptors (Lipinski definition) is 2. The maximum Gasteiger partial charge on any atom is 0.410 e. The molecule has 1 heterocycles. The van der Waals surface area contributed by atoms with Gasteiger partial charge in [-0.05, 0) is 19.8 Å². The lowest BCUT2D eigenvalue weighted by Crippen LogP contribution is -2.10. The molecule has 0 saturated heterocycles. The standard InChI is InChI=1S/C10H15F2N3O2/c1-10(11,12)5-2-3-6-15-7-4-8(14-15)13-9(16)17/h4,7H,2-3,5-6H2,1H3,(H,13,14)(H,16,17). The summed E-state index contributed by atoms with van der Waals surface area (Å²) in [6, 6.07) is 1.52. The number of aromatic nitrogens is 2. The first-order valence-corrected chi connectivity index (χ1v) is 5.28. The molecule has 1 rings (SSSR count). The van der Waals surface area contributed by atoms with Crippen LogP contribution in [0.2, 0.25) is 0 Å². The highest BCUT2D eigenvalue weighted by atomic mass is 19.3. The normalized spacial score (nSPS) is 11.5. The zero-order valence-corrected chi connectivity index (χ0v) is 9.49. The predicted octanol–water partition coefficient (Wildman–Crippen LogP) is 2.80. The zero-order chi connectivity index (χ0) is 12.9. The van der Waals surface area contributed by atoms with Crippen molar-refractivity contribution in [2.45, 2.75) is 38.7 Å². The fourth-order valence-corrected chi connectivity index (χ4v) is 1.37. The number of unbranched alkanes of at least 4 members (excludes halogenated alkanes) is 1. The molecule has 1 aromatic rings. The number of anilines is 1. The van der Waals surface area contributed by atoms with E-state index in [0.717, 1.165) is 6.92 Å². The number of alkyl halides is 2. The van der Waals surface area contributed by atoms with Crippen molar-refractivity contribution >= 4 is 11.9 Å². The Kier molecular flexibility index (Phi) is 4.42. The minimum absolute atomic E-state index is 0.144. The molecule has 0 saturated carbocycles. The number of aryl methyl sites for hydroxylation is 1. The fourth-order valence-electron chi connectivity index (χ4n) is 1.37. The molecule has 0 aromatic carbocycles. The lowest BCUT2D eigenvalue weighted by molar-refractivity contribution is 0.0102. The molecule has 7 heteroatoms. The van der Waals surface area contributed by atoms with E-state index in [1.807, 2.05) is 0 Å². The first kappa shape index (κ1) is 13.4. The third-order valence-corrected chi connectivity index (χ3v) is 2.13. The molecule has 0 spiro atoms. The summed E-state index contributed by atoms with van der Waals surface area (Å²) in [6.45, 7) is 1.40. The van der Waals surface area contributed by atoms with Gasteiger partial charge in [0.15, 0.2) is 5.82 Å². The Morgan fingerprint density at radius 3 is 2.88 bits per heavy atom. The maximum absolute atomic E-state index is 12.5.